The highest BCUT2D eigenvalue weighted by Crippen LogP contribution is 2.31. The number of aliphatic hydroxyl groups is 1. The summed E-state index contributed by atoms with van der Waals surface area (Å²) in [6.45, 7) is 0.161. The van der Waals surface area contributed by atoms with Gasteiger partial charge < -0.3 is 5.11 Å². The number of Topliss-reactive ketones (excluding diaryl/α,β-unsaturated/α-hetero) is 1. The van der Waals surface area contributed by atoms with Crippen LogP contribution < -0.4 is 0 Å². The molecule has 0 bridgehead atoms. The molecule has 6 heteroatoms. The van der Waals surface area contributed by atoms with Crippen molar-refractivity contribution in [2.75, 3.05) is 7.11 Å². The van der Waals surface area contributed by atoms with Crippen LogP contribution >= 0.6 is 11.6 Å². The van der Waals surface area contributed by atoms with Crippen LogP contribution in [0.15, 0.2) is 23.8 Å². The van der Waals surface area contributed by atoms with Crippen molar-refractivity contribution in [2.24, 2.45) is 0 Å². The molecule has 0 fully saturated rings. The SMILES string of the molecule is COOCc1ccc(C(O)C2=CCCCC2=O)c(Cl)n1. The number of nitrogens with zero attached hydrogens (tertiary/aromatic N) is 1. The zero-order valence-electron chi connectivity index (χ0n) is 11.1. The van der Waals surface area contributed by atoms with Gasteiger partial charge in [-0.3, -0.25) is 4.79 Å². The molecule has 5 nitrogen and oxygen atoms in total. The number of hydrogen-bond acceptors (Lipinski definition) is 5. The highest BCUT2D eigenvalue weighted by Gasteiger charge is 2.24. The van der Waals surface area contributed by atoms with Gasteiger partial charge in [-0.1, -0.05) is 23.7 Å². The minimum atomic E-state index is -1.03. The second-order valence-corrected chi connectivity index (χ2v) is 4.85. The smallest absolute Gasteiger partial charge is 0.161 e. The Morgan fingerprint density at radius 1 is 1.50 bits per heavy atom. The Morgan fingerprint density at radius 3 is 2.95 bits per heavy atom. The Kier molecular flexibility index (Phi) is 5.25. The zero-order chi connectivity index (χ0) is 14.5. The van der Waals surface area contributed by atoms with Gasteiger partial charge in [0.15, 0.2) is 5.78 Å². The number of pyridine rings is 1. The monoisotopic (exact) mass is 297 g/mol. The van der Waals surface area contributed by atoms with Gasteiger partial charge in [0, 0.05) is 17.6 Å². The molecule has 2 rings (SSSR count). The molecule has 108 valence electrons. The molecule has 1 aliphatic carbocycles. The second-order valence-electron chi connectivity index (χ2n) is 4.49. The van der Waals surface area contributed by atoms with Crippen molar-refractivity contribution >= 4 is 17.4 Å². The van der Waals surface area contributed by atoms with Crippen LogP contribution in [0, 0.1) is 0 Å². The van der Waals surface area contributed by atoms with E-state index in [0.29, 0.717) is 23.3 Å². The minimum Gasteiger partial charge on any atom is -0.383 e. The average molecular weight is 298 g/mol. The summed E-state index contributed by atoms with van der Waals surface area (Å²) in [6.07, 6.45) is 2.83. The topological polar surface area (TPSA) is 68.7 Å². The molecule has 1 atom stereocenters. The van der Waals surface area contributed by atoms with E-state index in [1.165, 1.54) is 7.11 Å². The number of hydrogen-bond donors (Lipinski definition) is 1. The van der Waals surface area contributed by atoms with Crippen molar-refractivity contribution in [3.8, 4) is 0 Å². The first-order valence-corrected chi connectivity index (χ1v) is 6.73. The van der Waals surface area contributed by atoms with Crippen LogP contribution in [0.1, 0.15) is 36.6 Å². The number of rotatable bonds is 5. The maximum absolute atomic E-state index is 11.8. The first-order valence-electron chi connectivity index (χ1n) is 6.35. The highest BCUT2D eigenvalue weighted by atomic mass is 35.5. The van der Waals surface area contributed by atoms with Crippen LogP contribution in [0.4, 0.5) is 0 Å². The van der Waals surface area contributed by atoms with E-state index >= 15 is 0 Å². The number of aliphatic hydroxyl groups excluding tert-OH is 1. The maximum Gasteiger partial charge on any atom is 0.161 e. The van der Waals surface area contributed by atoms with Gasteiger partial charge in [-0.05, 0) is 18.9 Å². The maximum atomic E-state index is 11.8. The molecule has 0 aliphatic heterocycles. The summed E-state index contributed by atoms with van der Waals surface area (Å²) in [5.74, 6) is -0.0355. The van der Waals surface area contributed by atoms with E-state index in [1.807, 2.05) is 0 Å². The minimum absolute atomic E-state index is 0.0355. The number of allylic oxidation sites excluding steroid dienone is 1. The van der Waals surface area contributed by atoms with Crippen LogP contribution in [-0.4, -0.2) is 23.0 Å². The first-order chi connectivity index (χ1) is 9.63. The van der Waals surface area contributed by atoms with Gasteiger partial charge in [0.05, 0.1) is 12.8 Å². The lowest BCUT2D eigenvalue weighted by Crippen LogP contribution is -2.15. The number of aromatic nitrogens is 1. The molecule has 1 unspecified atom stereocenters. The number of ketones is 1. The van der Waals surface area contributed by atoms with Crippen molar-refractivity contribution in [1.82, 2.24) is 4.98 Å². The lowest BCUT2D eigenvalue weighted by atomic mass is 9.91. The van der Waals surface area contributed by atoms with Crippen LogP contribution in [-0.2, 0) is 21.2 Å². The third kappa shape index (κ3) is 3.43. The quantitative estimate of drug-likeness (QED) is 0.514. The fourth-order valence-electron chi connectivity index (χ4n) is 2.10. The molecule has 1 heterocycles. The lowest BCUT2D eigenvalue weighted by Gasteiger charge is -2.18. The summed E-state index contributed by atoms with van der Waals surface area (Å²) >= 11 is 6.06. The Morgan fingerprint density at radius 2 is 2.30 bits per heavy atom. The molecule has 0 saturated carbocycles. The Labute approximate surface area is 122 Å². The standard InChI is InChI=1S/C14H16ClNO4/c1-19-20-8-9-6-7-11(14(15)16-9)13(18)10-4-2-3-5-12(10)17/h4,6-7,13,18H,2-3,5,8H2,1H3. The van der Waals surface area contributed by atoms with Gasteiger partial charge in [-0.25, -0.2) is 14.8 Å². The van der Waals surface area contributed by atoms with Gasteiger partial charge in [-0.15, -0.1) is 0 Å². The van der Waals surface area contributed by atoms with Gasteiger partial charge >= 0.3 is 0 Å². The van der Waals surface area contributed by atoms with E-state index in [-0.39, 0.29) is 17.5 Å². The van der Waals surface area contributed by atoms with Crippen molar-refractivity contribution in [2.45, 2.75) is 32.0 Å². The fourth-order valence-corrected chi connectivity index (χ4v) is 2.37. The van der Waals surface area contributed by atoms with Crippen molar-refractivity contribution in [1.29, 1.82) is 0 Å². The van der Waals surface area contributed by atoms with E-state index in [9.17, 15) is 9.90 Å². The molecule has 1 aliphatic rings. The van der Waals surface area contributed by atoms with E-state index in [2.05, 4.69) is 9.87 Å². The predicted molar refractivity (Wildman–Crippen MR) is 72.9 cm³/mol. The second kappa shape index (κ2) is 6.95. The molecule has 0 radical (unpaired) electrons. The summed E-state index contributed by atoms with van der Waals surface area (Å²) < 4.78 is 0. The first kappa shape index (κ1) is 15.1. The van der Waals surface area contributed by atoms with Gasteiger partial charge in [0.25, 0.3) is 0 Å². The van der Waals surface area contributed by atoms with Crippen molar-refractivity contribution < 1.29 is 19.7 Å². The largest absolute Gasteiger partial charge is 0.383 e. The number of halogens is 1. The van der Waals surface area contributed by atoms with E-state index in [4.69, 9.17) is 16.5 Å². The fraction of sp³-hybridized carbons (Fsp3) is 0.429. The Hall–Kier alpha value is -1.27. The Bertz CT molecular complexity index is 530. The lowest BCUT2D eigenvalue weighted by molar-refractivity contribution is -0.282. The van der Waals surface area contributed by atoms with E-state index in [1.54, 1.807) is 18.2 Å². The third-order valence-corrected chi connectivity index (χ3v) is 3.45. The zero-order valence-corrected chi connectivity index (χ0v) is 11.9. The summed E-state index contributed by atoms with van der Waals surface area (Å²) in [5, 5.41) is 10.5. The van der Waals surface area contributed by atoms with Gasteiger partial charge in [-0.2, -0.15) is 0 Å². The van der Waals surface area contributed by atoms with Gasteiger partial charge in [0.1, 0.15) is 17.9 Å². The molecular formula is C14H16ClNO4. The molecule has 1 aromatic heterocycles. The molecule has 0 spiro atoms. The molecule has 1 N–H and O–H groups in total. The molecule has 0 saturated heterocycles. The number of carbonyl (C=O) groups is 1. The van der Waals surface area contributed by atoms with Gasteiger partial charge in [0.2, 0.25) is 0 Å². The predicted octanol–water partition coefficient (Wildman–Crippen LogP) is 2.53. The molecule has 0 aromatic carbocycles. The molecule has 0 amide bonds. The third-order valence-electron chi connectivity index (χ3n) is 3.14. The molecule has 1 aromatic rings. The van der Waals surface area contributed by atoms with Crippen LogP contribution in [0.2, 0.25) is 5.15 Å². The van der Waals surface area contributed by atoms with Crippen LogP contribution in [0.5, 0.6) is 0 Å². The summed E-state index contributed by atoms with van der Waals surface area (Å²) in [4.78, 5) is 25.2. The van der Waals surface area contributed by atoms with Crippen molar-refractivity contribution in [3.05, 3.63) is 40.2 Å². The van der Waals surface area contributed by atoms with Crippen LogP contribution in [0.25, 0.3) is 0 Å². The van der Waals surface area contributed by atoms with Crippen molar-refractivity contribution in [3.63, 3.8) is 0 Å². The average Bonchev–Trinajstić information content (AvgIpc) is 2.45. The molecular weight excluding hydrogens is 282 g/mol. The normalized spacial score (nSPS) is 16.9. The molecule has 20 heavy (non-hydrogen) atoms. The summed E-state index contributed by atoms with van der Waals surface area (Å²) in [5.41, 5.74) is 1.41. The van der Waals surface area contributed by atoms with E-state index < -0.39 is 6.10 Å². The highest BCUT2D eigenvalue weighted by molar-refractivity contribution is 6.30. The summed E-state index contributed by atoms with van der Waals surface area (Å²) in [7, 11) is 1.40. The summed E-state index contributed by atoms with van der Waals surface area (Å²) in [6, 6.07) is 3.33. The number of carbonyl (C=O) groups excluding carboxylic acids is 1. The van der Waals surface area contributed by atoms with E-state index in [0.717, 1.165) is 12.8 Å². The van der Waals surface area contributed by atoms with Crippen LogP contribution in [0.3, 0.4) is 0 Å². The Balaban J connectivity index is 2.19.